The van der Waals surface area contributed by atoms with Gasteiger partial charge in [0.1, 0.15) is 0 Å². The quantitative estimate of drug-likeness (QED) is 0.738. The number of carbonyl (C=O) groups is 2. The predicted molar refractivity (Wildman–Crippen MR) is 83.0 cm³/mol. The first kappa shape index (κ1) is 16.5. The molecule has 130 valence electrons. The lowest BCUT2D eigenvalue weighted by Crippen LogP contribution is -2.62. The zero-order chi connectivity index (χ0) is 16.6. The molecular weight excluding hydrogens is 322 g/mol. The maximum atomic E-state index is 12.7. The second-order valence-corrected chi connectivity index (χ2v) is 8.72. The SMILES string of the molecule is O=C(O)CCN1CCN(C(=O)N2CCCC2)[C@H]2CS(=O)(=O)C[C@H]21. The van der Waals surface area contributed by atoms with Crippen LogP contribution in [0.15, 0.2) is 0 Å². The number of amides is 2. The number of carbonyl (C=O) groups excluding carboxylic acids is 1. The third-order valence-electron chi connectivity index (χ3n) is 5.03. The van der Waals surface area contributed by atoms with Gasteiger partial charge in [0, 0.05) is 38.8 Å². The molecule has 0 spiro atoms. The van der Waals surface area contributed by atoms with E-state index in [0.29, 0.717) is 19.6 Å². The van der Waals surface area contributed by atoms with Crippen LogP contribution in [0.5, 0.6) is 0 Å². The molecule has 9 heteroatoms. The van der Waals surface area contributed by atoms with Crippen LogP contribution in [0.4, 0.5) is 4.79 Å². The van der Waals surface area contributed by atoms with Crippen molar-refractivity contribution in [2.24, 2.45) is 0 Å². The van der Waals surface area contributed by atoms with Crippen molar-refractivity contribution >= 4 is 21.8 Å². The average molecular weight is 345 g/mol. The molecule has 3 fully saturated rings. The van der Waals surface area contributed by atoms with Crippen molar-refractivity contribution in [2.75, 3.05) is 44.2 Å². The number of nitrogens with zero attached hydrogens (tertiary/aromatic N) is 3. The van der Waals surface area contributed by atoms with E-state index < -0.39 is 15.8 Å². The van der Waals surface area contributed by atoms with E-state index in [1.54, 1.807) is 9.80 Å². The zero-order valence-electron chi connectivity index (χ0n) is 13.1. The lowest BCUT2D eigenvalue weighted by Gasteiger charge is -2.44. The number of hydrogen-bond donors (Lipinski definition) is 1. The van der Waals surface area contributed by atoms with E-state index in [1.807, 2.05) is 4.90 Å². The topological polar surface area (TPSA) is 98.2 Å². The first-order valence-corrected chi connectivity index (χ1v) is 9.91. The molecule has 0 unspecified atom stereocenters. The Kier molecular flexibility index (Phi) is 4.50. The van der Waals surface area contributed by atoms with Crippen molar-refractivity contribution in [3.63, 3.8) is 0 Å². The van der Waals surface area contributed by atoms with Gasteiger partial charge >= 0.3 is 12.0 Å². The van der Waals surface area contributed by atoms with Gasteiger partial charge in [-0.25, -0.2) is 13.2 Å². The minimum absolute atomic E-state index is 0.0106. The normalized spacial score (nSPS) is 30.4. The minimum Gasteiger partial charge on any atom is -0.481 e. The second kappa shape index (κ2) is 6.27. The number of fused-ring (bicyclic) bond motifs is 1. The third-order valence-corrected chi connectivity index (χ3v) is 6.72. The van der Waals surface area contributed by atoms with Gasteiger partial charge in [-0.15, -0.1) is 0 Å². The predicted octanol–water partition coefficient (Wildman–Crippen LogP) is -0.540. The monoisotopic (exact) mass is 345 g/mol. The Morgan fingerprint density at radius 3 is 2.30 bits per heavy atom. The number of aliphatic carboxylic acids is 1. The highest BCUT2D eigenvalue weighted by molar-refractivity contribution is 7.91. The molecule has 3 aliphatic heterocycles. The molecule has 0 bridgehead atoms. The largest absolute Gasteiger partial charge is 0.481 e. The van der Waals surface area contributed by atoms with Crippen molar-refractivity contribution in [1.82, 2.24) is 14.7 Å². The molecule has 23 heavy (non-hydrogen) atoms. The van der Waals surface area contributed by atoms with Gasteiger partial charge in [-0.05, 0) is 12.8 Å². The first-order chi connectivity index (χ1) is 10.9. The van der Waals surface area contributed by atoms with Crippen LogP contribution in [0.25, 0.3) is 0 Å². The number of carboxylic acid groups (broad SMARTS) is 1. The highest BCUT2D eigenvalue weighted by Crippen LogP contribution is 2.28. The molecule has 0 aromatic heterocycles. The number of urea groups is 1. The number of hydrogen-bond acceptors (Lipinski definition) is 5. The smallest absolute Gasteiger partial charge is 0.320 e. The van der Waals surface area contributed by atoms with Gasteiger partial charge in [-0.1, -0.05) is 0 Å². The number of likely N-dealkylation sites (tertiary alicyclic amines) is 1. The maximum Gasteiger partial charge on any atom is 0.320 e. The number of sulfone groups is 1. The molecule has 0 aromatic rings. The summed E-state index contributed by atoms with van der Waals surface area (Å²) < 4.78 is 24.2. The highest BCUT2D eigenvalue weighted by atomic mass is 32.2. The minimum atomic E-state index is -3.19. The summed E-state index contributed by atoms with van der Waals surface area (Å²) in [4.78, 5) is 28.9. The molecule has 3 aliphatic rings. The number of carboxylic acids is 1. The van der Waals surface area contributed by atoms with Crippen LogP contribution in [-0.4, -0.2) is 96.5 Å². The lowest BCUT2D eigenvalue weighted by atomic mass is 10.0. The van der Waals surface area contributed by atoms with Crippen molar-refractivity contribution in [3.05, 3.63) is 0 Å². The van der Waals surface area contributed by atoms with Gasteiger partial charge < -0.3 is 14.9 Å². The van der Waals surface area contributed by atoms with Crippen LogP contribution < -0.4 is 0 Å². The lowest BCUT2D eigenvalue weighted by molar-refractivity contribution is -0.137. The van der Waals surface area contributed by atoms with Gasteiger partial charge in [0.2, 0.25) is 0 Å². The molecule has 0 aliphatic carbocycles. The van der Waals surface area contributed by atoms with Gasteiger partial charge in [0.15, 0.2) is 9.84 Å². The summed E-state index contributed by atoms with van der Waals surface area (Å²) in [6.45, 7) is 2.80. The van der Waals surface area contributed by atoms with E-state index in [4.69, 9.17) is 5.11 Å². The summed E-state index contributed by atoms with van der Waals surface area (Å²) in [5.74, 6) is -0.889. The van der Waals surface area contributed by atoms with Gasteiger partial charge in [0.05, 0.1) is 24.0 Å². The summed E-state index contributed by atoms with van der Waals surface area (Å²) in [5.41, 5.74) is 0. The van der Waals surface area contributed by atoms with Crippen molar-refractivity contribution < 1.29 is 23.1 Å². The number of rotatable bonds is 3. The molecule has 1 N–H and O–H groups in total. The number of piperazine rings is 1. The first-order valence-electron chi connectivity index (χ1n) is 8.09. The fraction of sp³-hybridized carbons (Fsp3) is 0.857. The molecule has 2 amide bonds. The average Bonchev–Trinajstić information content (AvgIpc) is 3.09. The summed E-state index contributed by atoms with van der Waals surface area (Å²) in [6.07, 6.45) is 1.98. The van der Waals surface area contributed by atoms with E-state index in [-0.39, 0.29) is 36.0 Å². The molecule has 0 radical (unpaired) electrons. The van der Waals surface area contributed by atoms with E-state index in [0.717, 1.165) is 25.9 Å². The van der Waals surface area contributed by atoms with Crippen LogP contribution in [-0.2, 0) is 14.6 Å². The molecule has 3 heterocycles. The summed E-state index contributed by atoms with van der Waals surface area (Å²) in [5, 5.41) is 8.85. The van der Waals surface area contributed by atoms with Gasteiger partial charge in [-0.3, -0.25) is 9.69 Å². The molecule has 3 rings (SSSR count). The highest BCUT2D eigenvalue weighted by Gasteiger charge is 2.48. The van der Waals surface area contributed by atoms with Crippen LogP contribution >= 0.6 is 0 Å². The summed E-state index contributed by atoms with van der Waals surface area (Å²) >= 11 is 0. The summed E-state index contributed by atoms with van der Waals surface area (Å²) in [7, 11) is -3.19. The zero-order valence-corrected chi connectivity index (χ0v) is 13.9. The maximum absolute atomic E-state index is 12.7. The van der Waals surface area contributed by atoms with E-state index in [2.05, 4.69) is 0 Å². The van der Waals surface area contributed by atoms with Gasteiger partial charge in [0.25, 0.3) is 0 Å². The Bertz CT molecular complexity index is 587. The van der Waals surface area contributed by atoms with Crippen LogP contribution in [0.1, 0.15) is 19.3 Å². The Labute approximate surface area is 135 Å². The van der Waals surface area contributed by atoms with Crippen molar-refractivity contribution in [1.29, 1.82) is 0 Å². The van der Waals surface area contributed by atoms with E-state index >= 15 is 0 Å². The fourth-order valence-corrected chi connectivity index (χ4v) is 5.88. The van der Waals surface area contributed by atoms with Crippen LogP contribution in [0, 0.1) is 0 Å². The van der Waals surface area contributed by atoms with E-state index in [9.17, 15) is 18.0 Å². The Balaban J connectivity index is 1.75. The Morgan fingerprint density at radius 2 is 1.65 bits per heavy atom. The summed E-state index contributed by atoms with van der Waals surface area (Å²) in [6, 6.07) is -0.692. The molecule has 3 saturated heterocycles. The molecular formula is C14H23N3O5S. The van der Waals surface area contributed by atoms with Crippen LogP contribution in [0.2, 0.25) is 0 Å². The van der Waals surface area contributed by atoms with Crippen molar-refractivity contribution in [2.45, 2.75) is 31.3 Å². The molecule has 0 aromatic carbocycles. The molecule has 8 nitrogen and oxygen atoms in total. The third kappa shape index (κ3) is 3.45. The standard InChI is InChI=1S/C14H23N3O5S/c18-13(19)3-6-15-7-8-17(14(20)16-4-1-2-5-16)12-10-23(21,22)9-11(12)15/h11-12H,1-10H2,(H,18,19)/t11-,12+/m1/s1. The second-order valence-electron chi connectivity index (χ2n) is 6.56. The van der Waals surface area contributed by atoms with Gasteiger partial charge in [-0.2, -0.15) is 0 Å². The fourth-order valence-electron chi connectivity index (χ4n) is 3.87. The van der Waals surface area contributed by atoms with Crippen LogP contribution in [0.3, 0.4) is 0 Å². The van der Waals surface area contributed by atoms with Crippen molar-refractivity contribution in [3.8, 4) is 0 Å². The molecule has 0 saturated carbocycles. The van der Waals surface area contributed by atoms with E-state index in [1.165, 1.54) is 0 Å². The Morgan fingerprint density at radius 1 is 1.00 bits per heavy atom. The molecule has 2 atom stereocenters. The Hall–Kier alpha value is -1.35.